The van der Waals surface area contributed by atoms with Gasteiger partial charge < -0.3 is 0 Å². The van der Waals surface area contributed by atoms with E-state index in [-0.39, 0.29) is 0 Å². The van der Waals surface area contributed by atoms with Crippen molar-refractivity contribution in [1.82, 2.24) is 9.97 Å². The monoisotopic (exact) mass is 410 g/mol. The summed E-state index contributed by atoms with van der Waals surface area (Å²) in [6, 6.07) is 27.1. The highest BCUT2D eigenvalue weighted by atomic mass is 79.9. The highest BCUT2D eigenvalue weighted by Crippen LogP contribution is 2.37. The van der Waals surface area contributed by atoms with Gasteiger partial charge in [-0.1, -0.05) is 54.6 Å². The first-order chi connectivity index (χ1) is 13.3. The van der Waals surface area contributed by atoms with E-state index >= 15 is 0 Å². The van der Waals surface area contributed by atoms with Gasteiger partial charge in [0.2, 0.25) is 0 Å². The van der Waals surface area contributed by atoms with Gasteiger partial charge in [-0.2, -0.15) is 0 Å². The zero-order valence-corrected chi connectivity index (χ0v) is 16.0. The Morgan fingerprint density at radius 3 is 2.26 bits per heavy atom. The van der Waals surface area contributed by atoms with Crippen LogP contribution in [0.4, 0.5) is 0 Å². The molecule has 0 unspecified atom stereocenters. The Labute approximate surface area is 165 Å². The average Bonchev–Trinajstić information content (AvgIpc) is 2.74. The molecule has 2 nitrogen and oxygen atoms in total. The van der Waals surface area contributed by atoms with Crippen molar-refractivity contribution in [3.05, 3.63) is 95.7 Å². The first-order valence-electron chi connectivity index (χ1n) is 8.79. The van der Waals surface area contributed by atoms with Crippen LogP contribution in [0.15, 0.2) is 95.7 Å². The predicted octanol–water partition coefficient (Wildman–Crippen LogP) is 6.88. The molecule has 3 heteroatoms. The summed E-state index contributed by atoms with van der Waals surface area (Å²) in [6.07, 6.45) is 3.72. The number of hydrogen-bond acceptors (Lipinski definition) is 2. The summed E-state index contributed by atoms with van der Waals surface area (Å²) in [4.78, 5) is 9.02. The molecule has 5 aromatic rings. The Morgan fingerprint density at radius 1 is 0.630 bits per heavy atom. The molecule has 3 aromatic carbocycles. The van der Waals surface area contributed by atoms with Crippen molar-refractivity contribution in [3.8, 4) is 22.5 Å². The zero-order chi connectivity index (χ0) is 18.2. The molecular weight excluding hydrogens is 396 g/mol. The van der Waals surface area contributed by atoms with Crippen molar-refractivity contribution in [2.45, 2.75) is 0 Å². The number of aromatic nitrogens is 2. The minimum atomic E-state index is 0.881. The standard InChI is InChI=1S/C24H15BrN2/c25-24-19-7-2-1-6-16(19)14-21-18(8-5-9-20(21)24)17-11-12-23(27-15-17)22-10-3-4-13-26-22/h1-15H. The van der Waals surface area contributed by atoms with Gasteiger partial charge in [-0.25, -0.2) is 0 Å². The van der Waals surface area contributed by atoms with Crippen molar-refractivity contribution >= 4 is 37.5 Å². The quantitative estimate of drug-likeness (QED) is 0.296. The van der Waals surface area contributed by atoms with Gasteiger partial charge in [0.1, 0.15) is 0 Å². The van der Waals surface area contributed by atoms with E-state index in [0.717, 1.165) is 21.4 Å². The van der Waals surface area contributed by atoms with Crippen LogP contribution in [0, 0.1) is 0 Å². The minimum Gasteiger partial charge on any atom is -0.255 e. The number of hydrogen-bond donors (Lipinski definition) is 0. The topological polar surface area (TPSA) is 25.8 Å². The fourth-order valence-corrected chi connectivity index (χ4v) is 4.21. The molecule has 27 heavy (non-hydrogen) atoms. The van der Waals surface area contributed by atoms with Gasteiger partial charge in [0, 0.05) is 22.4 Å². The van der Waals surface area contributed by atoms with E-state index in [0.29, 0.717) is 0 Å². The summed E-state index contributed by atoms with van der Waals surface area (Å²) in [5, 5.41) is 4.88. The van der Waals surface area contributed by atoms with Crippen molar-refractivity contribution in [1.29, 1.82) is 0 Å². The van der Waals surface area contributed by atoms with E-state index in [1.807, 2.05) is 30.5 Å². The molecule has 2 aromatic heterocycles. The molecule has 0 saturated heterocycles. The number of nitrogens with zero attached hydrogens (tertiary/aromatic N) is 2. The lowest BCUT2D eigenvalue weighted by atomic mass is 9.96. The summed E-state index contributed by atoms with van der Waals surface area (Å²) >= 11 is 3.81. The third-order valence-corrected chi connectivity index (χ3v) is 5.70. The second-order valence-electron chi connectivity index (χ2n) is 6.46. The molecule has 128 valence electrons. The zero-order valence-electron chi connectivity index (χ0n) is 14.4. The fourth-order valence-electron chi connectivity index (χ4n) is 3.51. The summed E-state index contributed by atoms with van der Waals surface area (Å²) in [7, 11) is 0. The molecule has 0 spiro atoms. The van der Waals surface area contributed by atoms with Crippen molar-refractivity contribution < 1.29 is 0 Å². The first kappa shape index (κ1) is 16.2. The van der Waals surface area contributed by atoms with Crippen LogP contribution in [0.2, 0.25) is 0 Å². The highest BCUT2D eigenvalue weighted by molar-refractivity contribution is 9.10. The van der Waals surface area contributed by atoms with Crippen molar-refractivity contribution in [3.63, 3.8) is 0 Å². The fraction of sp³-hybridized carbons (Fsp3) is 0. The molecule has 0 fully saturated rings. The molecule has 0 aliphatic heterocycles. The molecule has 0 atom stereocenters. The molecule has 0 amide bonds. The van der Waals surface area contributed by atoms with Gasteiger partial charge in [0.05, 0.1) is 11.4 Å². The van der Waals surface area contributed by atoms with Crippen LogP contribution < -0.4 is 0 Å². The minimum absolute atomic E-state index is 0.881. The second-order valence-corrected chi connectivity index (χ2v) is 7.25. The molecule has 0 N–H and O–H groups in total. The number of halogens is 1. The first-order valence-corrected chi connectivity index (χ1v) is 9.58. The highest BCUT2D eigenvalue weighted by Gasteiger charge is 2.10. The average molecular weight is 411 g/mol. The largest absolute Gasteiger partial charge is 0.255 e. The van der Waals surface area contributed by atoms with E-state index in [9.17, 15) is 0 Å². The normalized spacial score (nSPS) is 11.1. The van der Waals surface area contributed by atoms with Gasteiger partial charge >= 0.3 is 0 Å². The summed E-state index contributed by atoms with van der Waals surface area (Å²) in [6.45, 7) is 0. The number of benzene rings is 3. The van der Waals surface area contributed by atoms with Crippen LogP contribution in [0.5, 0.6) is 0 Å². The van der Waals surface area contributed by atoms with Crippen LogP contribution in [0.25, 0.3) is 44.1 Å². The number of rotatable bonds is 2. The van der Waals surface area contributed by atoms with Gasteiger partial charge in [0.25, 0.3) is 0 Å². The molecule has 0 aliphatic carbocycles. The Balaban J connectivity index is 1.69. The van der Waals surface area contributed by atoms with Crippen molar-refractivity contribution in [2.75, 3.05) is 0 Å². The molecule has 0 aliphatic rings. The van der Waals surface area contributed by atoms with Crippen LogP contribution in [0.1, 0.15) is 0 Å². The summed E-state index contributed by atoms with van der Waals surface area (Å²) < 4.78 is 1.13. The Morgan fingerprint density at radius 2 is 1.44 bits per heavy atom. The third-order valence-electron chi connectivity index (χ3n) is 4.84. The van der Waals surface area contributed by atoms with E-state index in [4.69, 9.17) is 0 Å². The molecule has 0 saturated carbocycles. The van der Waals surface area contributed by atoms with Gasteiger partial charge in [0.15, 0.2) is 0 Å². The van der Waals surface area contributed by atoms with E-state index in [1.54, 1.807) is 6.20 Å². The number of fused-ring (bicyclic) bond motifs is 2. The lowest BCUT2D eigenvalue weighted by Gasteiger charge is -2.11. The Hall–Kier alpha value is -3.04. The Kier molecular flexibility index (Phi) is 3.95. The maximum absolute atomic E-state index is 4.64. The van der Waals surface area contributed by atoms with Crippen LogP contribution in [-0.4, -0.2) is 9.97 Å². The van der Waals surface area contributed by atoms with E-state index in [2.05, 4.69) is 80.5 Å². The predicted molar refractivity (Wildman–Crippen MR) is 116 cm³/mol. The maximum Gasteiger partial charge on any atom is 0.0886 e. The maximum atomic E-state index is 4.64. The second kappa shape index (κ2) is 6.60. The lowest BCUT2D eigenvalue weighted by molar-refractivity contribution is 1.25. The molecule has 5 rings (SSSR count). The lowest BCUT2D eigenvalue weighted by Crippen LogP contribution is -1.89. The van der Waals surface area contributed by atoms with Crippen LogP contribution in [0.3, 0.4) is 0 Å². The smallest absolute Gasteiger partial charge is 0.0886 e. The molecular formula is C24H15BrN2. The van der Waals surface area contributed by atoms with Crippen LogP contribution in [-0.2, 0) is 0 Å². The van der Waals surface area contributed by atoms with Gasteiger partial charge in [-0.05, 0) is 67.3 Å². The molecule has 0 bridgehead atoms. The molecule has 2 heterocycles. The number of pyridine rings is 2. The summed E-state index contributed by atoms with van der Waals surface area (Å²) in [5.74, 6) is 0. The Bertz CT molecular complexity index is 1260. The van der Waals surface area contributed by atoms with E-state index < -0.39 is 0 Å². The molecule has 0 radical (unpaired) electrons. The third kappa shape index (κ3) is 2.81. The van der Waals surface area contributed by atoms with E-state index in [1.165, 1.54) is 27.1 Å². The van der Waals surface area contributed by atoms with Gasteiger partial charge in [-0.15, -0.1) is 0 Å². The SMILES string of the molecule is Brc1c2ccccc2cc2c(-c3ccc(-c4ccccn4)nc3)cccc12. The van der Waals surface area contributed by atoms with Gasteiger partial charge in [-0.3, -0.25) is 9.97 Å². The van der Waals surface area contributed by atoms with Crippen molar-refractivity contribution in [2.24, 2.45) is 0 Å². The summed E-state index contributed by atoms with van der Waals surface area (Å²) in [5.41, 5.74) is 4.04. The van der Waals surface area contributed by atoms with Crippen LogP contribution >= 0.6 is 15.9 Å².